The highest BCUT2D eigenvalue weighted by Crippen LogP contribution is 2.27. The minimum Gasteiger partial charge on any atom is -0.399 e. The van der Waals surface area contributed by atoms with Crippen LogP contribution in [0.2, 0.25) is 0 Å². The number of nitrogen functional groups attached to an aromatic ring is 1. The monoisotopic (exact) mass is 272 g/mol. The van der Waals surface area contributed by atoms with Gasteiger partial charge in [0.2, 0.25) is 0 Å². The molecule has 1 fully saturated rings. The van der Waals surface area contributed by atoms with Crippen LogP contribution in [0.15, 0.2) is 30.5 Å². The number of nitrogens with zero attached hydrogens (tertiary/aromatic N) is 3. The van der Waals surface area contributed by atoms with Gasteiger partial charge in [-0.05, 0) is 24.3 Å². The molecule has 0 radical (unpaired) electrons. The Kier molecular flexibility index (Phi) is 3.71. The number of anilines is 2. The molecule has 0 unspecified atom stereocenters. The summed E-state index contributed by atoms with van der Waals surface area (Å²) < 4.78 is 0. The van der Waals surface area contributed by atoms with Gasteiger partial charge in [0.1, 0.15) is 0 Å². The van der Waals surface area contributed by atoms with E-state index in [9.17, 15) is 0 Å². The molecule has 2 heterocycles. The Labute approximate surface area is 118 Å². The summed E-state index contributed by atoms with van der Waals surface area (Å²) in [6.07, 6.45) is 1.84. The molecule has 1 saturated heterocycles. The molecule has 0 atom stereocenters. The van der Waals surface area contributed by atoms with E-state index in [1.54, 1.807) is 0 Å². The molecule has 0 spiro atoms. The average molecular weight is 272 g/mol. The molecule has 20 heavy (non-hydrogen) atoms. The Morgan fingerprint density at radius 1 is 1.15 bits per heavy atom. The third-order valence-electron chi connectivity index (χ3n) is 3.87. The molecule has 0 saturated carbocycles. The molecule has 1 aromatic heterocycles. The van der Waals surface area contributed by atoms with Gasteiger partial charge in [0.05, 0.1) is 12.1 Å². The molecule has 3 N–H and O–H groups in total. The topological polar surface area (TPSA) is 65.6 Å². The van der Waals surface area contributed by atoms with Gasteiger partial charge < -0.3 is 15.7 Å². The van der Waals surface area contributed by atoms with Crippen molar-refractivity contribution in [2.75, 3.05) is 50.0 Å². The van der Waals surface area contributed by atoms with Crippen molar-refractivity contribution in [3.63, 3.8) is 0 Å². The summed E-state index contributed by atoms with van der Waals surface area (Å²) in [5.74, 6) is 0. The highest BCUT2D eigenvalue weighted by molar-refractivity contribution is 5.93. The highest BCUT2D eigenvalue weighted by Gasteiger charge is 2.18. The van der Waals surface area contributed by atoms with Crippen molar-refractivity contribution in [3.8, 4) is 0 Å². The number of fused-ring (bicyclic) bond motifs is 1. The van der Waals surface area contributed by atoms with Crippen molar-refractivity contribution < 1.29 is 5.11 Å². The number of aliphatic hydroxyl groups is 1. The molecule has 1 aliphatic rings. The lowest BCUT2D eigenvalue weighted by atomic mass is 10.1. The first kappa shape index (κ1) is 13.1. The maximum Gasteiger partial charge on any atom is 0.0743 e. The largest absolute Gasteiger partial charge is 0.399 e. The molecule has 0 amide bonds. The third kappa shape index (κ3) is 2.55. The van der Waals surface area contributed by atoms with Gasteiger partial charge >= 0.3 is 0 Å². The number of hydrogen-bond acceptors (Lipinski definition) is 5. The molecule has 3 rings (SSSR count). The van der Waals surface area contributed by atoms with Gasteiger partial charge in [-0.25, -0.2) is 0 Å². The van der Waals surface area contributed by atoms with Crippen molar-refractivity contribution in [2.24, 2.45) is 0 Å². The first-order valence-corrected chi connectivity index (χ1v) is 7.00. The zero-order valence-electron chi connectivity index (χ0n) is 11.5. The molecule has 5 heteroatoms. The summed E-state index contributed by atoms with van der Waals surface area (Å²) in [6.45, 7) is 4.92. The summed E-state index contributed by atoms with van der Waals surface area (Å²) in [5, 5.41) is 10.1. The van der Waals surface area contributed by atoms with Crippen LogP contribution in [0.25, 0.3) is 10.9 Å². The Balaban J connectivity index is 1.84. The predicted octanol–water partition coefficient (Wildman–Crippen LogP) is 0.931. The summed E-state index contributed by atoms with van der Waals surface area (Å²) >= 11 is 0. The number of aromatic nitrogens is 1. The molecular weight excluding hydrogens is 252 g/mol. The van der Waals surface area contributed by atoms with E-state index in [1.165, 1.54) is 5.69 Å². The zero-order chi connectivity index (χ0) is 13.9. The zero-order valence-corrected chi connectivity index (χ0v) is 11.5. The molecular formula is C15H20N4O. The van der Waals surface area contributed by atoms with Crippen LogP contribution in [0.4, 0.5) is 11.4 Å². The van der Waals surface area contributed by atoms with Crippen LogP contribution in [0, 0.1) is 0 Å². The number of pyridine rings is 1. The van der Waals surface area contributed by atoms with E-state index in [2.05, 4.69) is 20.9 Å². The molecule has 1 aromatic carbocycles. The Hall–Kier alpha value is -1.85. The minimum absolute atomic E-state index is 0.234. The Morgan fingerprint density at radius 3 is 2.70 bits per heavy atom. The van der Waals surface area contributed by atoms with Crippen LogP contribution in [0.5, 0.6) is 0 Å². The van der Waals surface area contributed by atoms with Gasteiger partial charge in [0, 0.05) is 55.7 Å². The first-order valence-electron chi connectivity index (χ1n) is 7.00. The normalized spacial score (nSPS) is 16.8. The summed E-state index contributed by atoms with van der Waals surface area (Å²) in [7, 11) is 0. The maximum atomic E-state index is 8.99. The van der Waals surface area contributed by atoms with E-state index >= 15 is 0 Å². The maximum absolute atomic E-state index is 8.99. The lowest BCUT2D eigenvalue weighted by molar-refractivity contribution is 0.189. The minimum atomic E-state index is 0.234. The van der Waals surface area contributed by atoms with Crippen LogP contribution in [0.3, 0.4) is 0 Å². The van der Waals surface area contributed by atoms with E-state index in [-0.39, 0.29) is 6.61 Å². The fraction of sp³-hybridized carbons (Fsp3) is 0.400. The smallest absolute Gasteiger partial charge is 0.0743 e. The number of benzene rings is 1. The number of rotatable bonds is 3. The van der Waals surface area contributed by atoms with Gasteiger partial charge in [-0.2, -0.15) is 0 Å². The average Bonchev–Trinajstić information content (AvgIpc) is 2.47. The Morgan fingerprint density at radius 2 is 1.95 bits per heavy atom. The van der Waals surface area contributed by atoms with Crippen LogP contribution >= 0.6 is 0 Å². The van der Waals surface area contributed by atoms with Crippen molar-refractivity contribution in [1.29, 1.82) is 0 Å². The number of β-amino-alcohol motifs (C(OH)–C–C–N with tert-alkyl or cyclic N) is 1. The first-order chi connectivity index (χ1) is 9.78. The van der Waals surface area contributed by atoms with Gasteiger partial charge in [-0.3, -0.25) is 9.88 Å². The van der Waals surface area contributed by atoms with Gasteiger partial charge in [0.15, 0.2) is 0 Å². The van der Waals surface area contributed by atoms with Gasteiger partial charge in [-0.15, -0.1) is 0 Å². The van der Waals surface area contributed by atoms with E-state index < -0.39 is 0 Å². The Bertz CT molecular complexity index is 593. The molecule has 5 nitrogen and oxygen atoms in total. The lowest BCUT2D eigenvalue weighted by Gasteiger charge is -2.36. The van der Waals surface area contributed by atoms with Crippen molar-refractivity contribution in [1.82, 2.24) is 9.88 Å². The SMILES string of the molecule is Nc1ccc2c(N3CCN(CCO)CC3)ccnc2c1. The van der Waals surface area contributed by atoms with Gasteiger partial charge in [0.25, 0.3) is 0 Å². The molecule has 2 aromatic rings. The third-order valence-corrected chi connectivity index (χ3v) is 3.87. The fourth-order valence-electron chi connectivity index (χ4n) is 2.78. The quantitative estimate of drug-likeness (QED) is 0.814. The van der Waals surface area contributed by atoms with Crippen LogP contribution in [-0.4, -0.2) is 54.3 Å². The summed E-state index contributed by atoms with van der Waals surface area (Å²) in [5.41, 5.74) is 8.73. The second-order valence-corrected chi connectivity index (χ2v) is 5.16. The van der Waals surface area contributed by atoms with E-state index in [4.69, 9.17) is 10.8 Å². The number of nitrogens with two attached hydrogens (primary N) is 1. The van der Waals surface area contributed by atoms with Crippen LogP contribution in [-0.2, 0) is 0 Å². The van der Waals surface area contributed by atoms with Crippen molar-refractivity contribution in [3.05, 3.63) is 30.5 Å². The predicted molar refractivity (Wildman–Crippen MR) is 81.9 cm³/mol. The van der Waals surface area contributed by atoms with E-state index in [0.29, 0.717) is 0 Å². The highest BCUT2D eigenvalue weighted by atomic mass is 16.3. The molecule has 0 bridgehead atoms. The van der Waals surface area contributed by atoms with E-state index in [1.807, 2.05) is 24.4 Å². The van der Waals surface area contributed by atoms with Gasteiger partial charge in [-0.1, -0.05) is 0 Å². The fourth-order valence-corrected chi connectivity index (χ4v) is 2.78. The second kappa shape index (κ2) is 5.64. The summed E-state index contributed by atoms with van der Waals surface area (Å²) in [6, 6.07) is 7.96. The second-order valence-electron chi connectivity index (χ2n) is 5.16. The number of hydrogen-bond donors (Lipinski definition) is 2. The van der Waals surface area contributed by atoms with Crippen LogP contribution < -0.4 is 10.6 Å². The molecule has 0 aliphatic carbocycles. The number of aliphatic hydroxyl groups excluding tert-OH is 1. The van der Waals surface area contributed by atoms with E-state index in [0.717, 1.165) is 49.3 Å². The van der Waals surface area contributed by atoms with Crippen LogP contribution in [0.1, 0.15) is 0 Å². The number of piperazine rings is 1. The van der Waals surface area contributed by atoms with Crippen molar-refractivity contribution >= 4 is 22.3 Å². The summed E-state index contributed by atoms with van der Waals surface area (Å²) in [4.78, 5) is 9.06. The van der Waals surface area contributed by atoms with Crippen molar-refractivity contribution in [2.45, 2.75) is 0 Å². The molecule has 106 valence electrons. The molecule has 1 aliphatic heterocycles. The lowest BCUT2D eigenvalue weighted by Crippen LogP contribution is -2.47. The standard InChI is InChI=1S/C15H20N4O/c16-12-1-2-13-14(11-12)17-4-3-15(13)19-7-5-18(6-8-19)9-10-20/h1-4,11,20H,5-10,16H2.